The van der Waals surface area contributed by atoms with Gasteiger partial charge in [0.1, 0.15) is 6.61 Å². The van der Waals surface area contributed by atoms with Crippen molar-refractivity contribution in [2.45, 2.75) is 25.2 Å². The number of rotatable bonds is 4. The van der Waals surface area contributed by atoms with Gasteiger partial charge in [-0.2, -0.15) is 0 Å². The standard InChI is InChI=1S/C15H19NO3S/c1-11-5-6-13(4-3-7-17)9-15(11)20(18,19)16-10-14-8-12(14)2/h5-6,9,12,14,16-17H,7-8,10H2,1-2H3. The van der Waals surface area contributed by atoms with Crippen LogP contribution in [0.3, 0.4) is 0 Å². The van der Waals surface area contributed by atoms with Gasteiger partial charge in [-0.25, -0.2) is 13.1 Å². The Labute approximate surface area is 120 Å². The highest BCUT2D eigenvalue weighted by atomic mass is 32.2. The van der Waals surface area contributed by atoms with Crippen LogP contribution in [-0.2, 0) is 10.0 Å². The lowest BCUT2D eigenvalue weighted by atomic mass is 10.1. The maximum absolute atomic E-state index is 12.3. The van der Waals surface area contributed by atoms with Gasteiger partial charge in [0.05, 0.1) is 4.90 Å². The van der Waals surface area contributed by atoms with Crippen LogP contribution in [0.2, 0.25) is 0 Å². The molecule has 0 aliphatic heterocycles. The van der Waals surface area contributed by atoms with Gasteiger partial charge in [-0.3, -0.25) is 0 Å². The number of benzene rings is 1. The summed E-state index contributed by atoms with van der Waals surface area (Å²) >= 11 is 0. The highest BCUT2D eigenvalue weighted by Crippen LogP contribution is 2.37. The van der Waals surface area contributed by atoms with E-state index in [1.54, 1.807) is 25.1 Å². The SMILES string of the molecule is Cc1ccc(C#CCO)cc1S(=O)(=O)NCC1CC1C. The molecule has 4 nitrogen and oxygen atoms in total. The molecule has 20 heavy (non-hydrogen) atoms. The molecule has 0 radical (unpaired) electrons. The fraction of sp³-hybridized carbons (Fsp3) is 0.467. The van der Waals surface area contributed by atoms with Gasteiger partial charge in [-0.1, -0.05) is 24.8 Å². The van der Waals surface area contributed by atoms with Crippen molar-refractivity contribution in [3.63, 3.8) is 0 Å². The Kier molecular flexibility index (Phi) is 4.48. The first-order valence-corrected chi connectivity index (χ1v) is 8.12. The summed E-state index contributed by atoms with van der Waals surface area (Å²) in [5.41, 5.74) is 1.28. The minimum absolute atomic E-state index is 0.242. The van der Waals surface area contributed by atoms with Crippen molar-refractivity contribution in [3.8, 4) is 11.8 Å². The molecule has 1 aromatic rings. The van der Waals surface area contributed by atoms with E-state index in [9.17, 15) is 8.42 Å². The smallest absolute Gasteiger partial charge is 0.240 e. The van der Waals surface area contributed by atoms with E-state index in [1.165, 1.54) is 0 Å². The highest BCUT2D eigenvalue weighted by Gasteiger charge is 2.33. The third-order valence-electron chi connectivity index (χ3n) is 3.60. The van der Waals surface area contributed by atoms with E-state index in [0.717, 1.165) is 6.42 Å². The molecule has 1 saturated carbocycles. The second kappa shape index (κ2) is 5.96. The summed E-state index contributed by atoms with van der Waals surface area (Å²) in [5, 5.41) is 8.68. The zero-order valence-electron chi connectivity index (χ0n) is 11.7. The lowest BCUT2D eigenvalue weighted by Crippen LogP contribution is -2.26. The molecule has 1 aromatic carbocycles. The zero-order valence-corrected chi connectivity index (χ0v) is 12.5. The first-order valence-electron chi connectivity index (χ1n) is 6.64. The first kappa shape index (κ1) is 15.0. The Hall–Kier alpha value is -1.35. The van der Waals surface area contributed by atoms with Crippen molar-refractivity contribution in [1.82, 2.24) is 4.72 Å². The number of hydrogen-bond acceptors (Lipinski definition) is 3. The molecule has 2 atom stereocenters. The van der Waals surface area contributed by atoms with E-state index in [1.807, 2.05) is 0 Å². The van der Waals surface area contributed by atoms with Crippen LogP contribution in [-0.4, -0.2) is 26.7 Å². The minimum Gasteiger partial charge on any atom is -0.384 e. The second-order valence-electron chi connectivity index (χ2n) is 5.27. The minimum atomic E-state index is -3.50. The summed E-state index contributed by atoms with van der Waals surface area (Å²) in [4.78, 5) is 0.260. The van der Waals surface area contributed by atoms with E-state index in [4.69, 9.17) is 5.11 Å². The Morgan fingerprint density at radius 2 is 2.15 bits per heavy atom. The van der Waals surface area contributed by atoms with Crippen molar-refractivity contribution >= 4 is 10.0 Å². The molecule has 1 aliphatic rings. The molecule has 2 rings (SSSR count). The average molecular weight is 293 g/mol. The van der Waals surface area contributed by atoms with Gasteiger partial charge in [0.2, 0.25) is 10.0 Å². The topological polar surface area (TPSA) is 66.4 Å². The molecular weight excluding hydrogens is 274 g/mol. The molecule has 2 N–H and O–H groups in total. The predicted molar refractivity (Wildman–Crippen MR) is 77.6 cm³/mol. The van der Waals surface area contributed by atoms with Gasteiger partial charge >= 0.3 is 0 Å². The van der Waals surface area contributed by atoms with Crippen molar-refractivity contribution in [1.29, 1.82) is 0 Å². The van der Waals surface area contributed by atoms with Gasteiger partial charge in [0.25, 0.3) is 0 Å². The van der Waals surface area contributed by atoms with Crippen LogP contribution in [0.15, 0.2) is 23.1 Å². The lowest BCUT2D eigenvalue weighted by Gasteiger charge is -2.09. The molecule has 0 aromatic heterocycles. The number of nitrogens with one attached hydrogen (secondary N) is 1. The third kappa shape index (κ3) is 3.60. The number of aliphatic hydroxyl groups is 1. The Morgan fingerprint density at radius 3 is 2.75 bits per heavy atom. The van der Waals surface area contributed by atoms with Crippen LogP contribution in [0.25, 0.3) is 0 Å². The molecule has 1 aliphatic carbocycles. The quantitative estimate of drug-likeness (QED) is 0.822. The maximum Gasteiger partial charge on any atom is 0.240 e. The van der Waals surface area contributed by atoms with Crippen molar-refractivity contribution in [3.05, 3.63) is 29.3 Å². The Morgan fingerprint density at radius 1 is 1.45 bits per heavy atom. The molecule has 0 heterocycles. The first-order chi connectivity index (χ1) is 9.44. The highest BCUT2D eigenvalue weighted by molar-refractivity contribution is 7.89. The number of aryl methyl sites for hydroxylation is 1. The van der Waals surface area contributed by atoms with E-state index in [2.05, 4.69) is 23.5 Å². The van der Waals surface area contributed by atoms with Crippen LogP contribution >= 0.6 is 0 Å². The summed E-state index contributed by atoms with van der Waals surface area (Å²) < 4.78 is 27.3. The zero-order chi connectivity index (χ0) is 14.8. The van der Waals surface area contributed by atoms with Gasteiger partial charge in [-0.05, 0) is 42.9 Å². The van der Waals surface area contributed by atoms with Gasteiger partial charge < -0.3 is 5.11 Å². The van der Waals surface area contributed by atoms with E-state index in [-0.39, 0.29) is 11.5 Å². The summed E-state index contributed by atoms with van der Waals surface area (Å²) in [6.07, 6.45) is 1.09. The normalized spacial score (nSPS) is 21.1. The summed E-state index contributed by atoms with van der Waals surface area (Å²) in [6.45, 7) is 4.14. The molecule has 2 unspecified atom stereocenters. The fourth-order valence-electron chi connectivity index (χ4n) is 2.09. The number of sulfonamides is 1. The van der Waals surface area contributed by atoms with Crippen molar-refractivity contribution in [2.75, 3.05) is 13.2 Å². The molecular formula is C15H19NO3S. The summed E-state index contributed by atoms with van der Waals surface area (Å²) in [6, 6.07) is 5.03. The molecule has 1 fully saturated rings. The lowest BCUT2D eigenvalue weighted by molar-refractivity contribution is 0.350. The number of aliphatic hydroxyl groups excluding tert-OH is 1. The van der Waals surface area contributed by atoms with E-state index >= 15 is 0 Å². The molecule has 0 bridgehead atoms. The van der Waals surface area contributed by atoms with Gasteiger partial charge in [0.15, 0.2) is 0 Å². The molecule has 0 saturated heterocycles. The van der Waals surface area contributed by atoms with Crippen LogP contribution < -0.4 is 4.72 Å². The average Bonchev–Trinajstić information content (AvgIpc) is 3.11. The van der Waals surface area contributed by atoms with Crippen molar-refractivity contribution < 1.29 is 13.5 Å². The third-order valence-corrected chi connectivity index (χ3v) is 5.17. The van der Waals surface area contributed by atoms with E-state index < -0.39 is 10.0 Å². The van der Waals surface area contributed by atoms with Crippen LogP contribution in [0.1, 0.15) is 24.5 Å². The van der Waals surface area contributed by atoms with E-state index in [0.29, 0.717) is 29.5 Å². The van der Waals surface area contributed by atoms with Crippen LogP contribution in [0.5, 0.6) is 0 Å². The van der Waals surface area contributed by atoms with Gasteiger partial charge in [-0.15, -0.1) is 0 Å². The Balaban J connectivity index is 2.20. The maximum atomic E-state index is 12.3. The van der Waals surface area contributed by atoms with Crippen molar-refractivity contribution in [2.24, 2.45) is 11.8 Å². The molecule has 5 heteroatoms. The fourth-order valence-corrected chi connectivity index (χ4v) is 3.45. The van der Waals surface area contributed by atoms with Gasteiger partial charge in [0, 0.05) is 12.1 Å². The van der Waals surface area contributed by atoms with Crippen LogP contribution in [0, 0.1) is 30.6 Å². The monoisotopic (exact) mass is 293 g/mol. The predicted octanol–water partition coefficient (Wildman–Crippen LogP) is 1.27. The molecule has 108 valence electrons. The summed E-state index contributed by atoms with van der Waals surface area (Å²) in [5.74, 6) is 6.32. The summed E-state index contributed by atoms with van der Waals surface area (Å²) in [7, 11) is -3.50. The largest absolute Gasteiger partial charge is 0.384 e. The van der Waals surface area contributed by atoms with Crippen LogP contribution in [0.4, 0.5) is 0 Å². The molecule has 0 amide bonds. The Bertz CT molecular complexity index is 655. The number of hydrogen-bond donors (Lipinski definition) is 2. The molecule has 0 spiro atoms. The second-order valence-corrected chi connectivity index (χ2v) is 7.00.